The molecule has 0 saturated heterocycles. The Balaban J connectivity index is 2.87. The van der Waals surface area contributed by atoms with Crippen LogP contribution in [-0.4, -0.2) is 38.5 Å². The molecule has 0 aliphatic carbocycles. The Kier molecular flexibility index (Phi) is 8.73. The minimum atomic E-state index is -4.20. The summed E-state index contributed by atoms with van der Waals surface area (Å²) >= 11 is 16.5. The number of rotatable bonds is 9. The van der Waals surface area contributed by atoms with E-state index in [1.807, 2.05) is 0 Å². The van der Waals surface area contributed by atoms with Gasteiger partial charge in [-0.1, -0.05) is 46.9 Å². The Morgan fingerprint density at radius 1 is 1.24 bits per heavy atom. The number of hydrogen-bond acceptors (Lipinski definition) is 6. The van der Waals surface area contributed by atoms with E-state index in [1.54, 1.807) is 24.3 Å². The summed E-state index contributed by atoms with van der Waals surface area (Å²) in [5, 5.41) is 0. The maximum absolute atomic E-state index is 12.0. The molecule has 1 N–H and O–H groups in total. The van der Waals surface area contributed by atoms with Crippen LogP contribution in [0, 0.1) is 0 Å². The van der Waals surface area contributed by atoms with Gasteiger partial charge in [-0.2, -0.15) is 13.1 Å². The van der Waals surface area contributed by atoms with Crippen LogP contribution in [0.3, 0.4) is 0 Å². The van der Waals surface area contributed by atoms with Crippen molar-refractivity contribution >= 4 is 51.1 Å². The second kappa shape index (κ2) is 9.80. The number of halogens is 3. The van der Waals surface area contributed by atoms with Crippen LogP contribution in [0.25, 0.3) is 0 Å². The summed E-state index contributed by atoms with van der Waals surface area (Å²) in [4.78, 5) is 10.9. The largest absolute Gasteiger partial charge is 0.497 e. The fourth-order valence-electron chi connectivity index (χ4n) is 1.80. The van der Waals surface area contributed by atoms with Gasteiger partial charge in [-0.3, -0.25) is 8.98 Å². The minimum absolute atomic E-state index is 0.0129. The smallest absolute Gasteiger partial charge is 0.336 e. The molecule has 0 aliphatic heterocycles. The lowest BCUT2D eigenvalue weighted by Gasteiger charge is -2.20. The van der Waals surface area contributed by atoms with Crippen LogP contribution in [0.5, 0.6) is 5.75 Å². The third-order valence-corrected chi connectivity index (χ3v) is 4.22. The van der Waals surface area contributed by atoms with E-state index in [0.29, 0.717) is 11.3 Å². The Hall–Kier alpha value is -0.770. The summed E-state index contributed by atoms with van der Waals surface area (Å²) < 4.78 is 39.1. The zero-order chi connectivity index (χ0) is 19.1. The van der Waals surface area contributed by atoms with Crippen molar-refractivity contribution in [3.63, 3.8) is 0 Å². The lowest BCUT2D eigenvalue weighted by Crippen LogP contribution is -2.33. The van der Waals surface area contributed by atoms with E-state index >= 15 is 0 Å². The molecule has 1 aromatic carbocycles. The number of nitrogens with one attached hydrogen (secondary N) is 1. The first-order chi connectivity index (χ1) is 11.5. The number of methoxy groups -OCH3 is 1. The normalized spacial score (nSPS) is 13.3. The molecule has 1 atom stereocenters. The molecule has 0 saturated carbocycles. The van der Waals surface area contributed by atoms with Gasteiger partial charge in [0.1, 0.15) is 12.4 Å². The van der Waals surface area contributed by atoms with E-state index in [-0.39, 0.29) is 13.0 Å². The molecule has 7 nitrogen and oxygen atoms in total. The van der Waals surface area contributed by atoms with Crippen LogP contribution in [0.1, 0.15) is 24.9 Å². The van der Waals surface area contributed by atoms with Crippen LogP contribution >= 0.6 is 34.8 Å². The molecular formula is C14H18Cl3NO6S. The highest BCUT2D eigenvalue weighted by molar-refractivity contribution is 7.84. The highest BCUT2D eigenvalue weighted by Crippen LogP contribution is 2.27. The van der Waals surface area contributed by atoms with Gasteiger partial charge in [0.05, 0.1) is 19.8 Å². The Morgan fingerprint density at radius 3 is 2.32 bits per heavy atom. The highest BCUT2D eigenvalue weighted by atomic mass is 35.6. The Bertz CT molecular complexity index is 660. The van der Waals surface area contributed by atoms with Gasteiger partial charge in [0.15, 0.2) is 0 Å². The molecule has 142 valence electrons. The molecule has 0 radical (unpaired) electrons. The molecule has 25 heavy (non-hydrogen) atoms. The van der Waals surface area contributed by atoms with E-state index in [4.69, 9.17) is 44.3 Å². The SMILES string of the molecule is COc1ccc(C(CCOC(C)=O)NS(=O)(=O)OCC(Cl)(Cl)Cl)cc1. The summed E-state index contributed by atoms with van der Waals surface area (Å²) in [6.45, 7) is 0.627. The standard InChI is InChI=1S/C14H18Cl3NO6S/c1-10(19)23-8-7-13(11-3-5-12(22-2)6-4-11)18-25(20,21)24-9-14(15,16)17/h3-6,13,18H,7-9H2,1-2H3. The molecule has 0 aromatic heterocycles. The lowest BCUT2D eigenvalue weighted by atomic mass is 10.1. The second-order valence-corrected chi connectivity index (χ2v) is 8.80. The molecule has 1 rings (SSSR count). The second-order valence-electron chi connectivity index (χ2n) is 4.90. The van der Waals surface area contributed by atoms with E-state index in [1.165, 1.54) is 14.0 Å². The zero-order valence-electron chi connectivity index (χ0n) is 13.5. The van der Waals surface area contributed by atoms with E-state index in [2.05, 4.69) is 8.91 Å². The van der Waals surface area contributed by atoms with Crippen molar-refractivity contribution in [2.24, 2.45) is 0 Å². The molecule has 1 aromatic rings. The van der Waals surface area contributed by atoms with Crippen molar-refractivity contribution in [3.05, 3.63) is 29.8 Å². The fourth-order valence-corrected chi connectivity index (χ4v) is 3.16. The van der Waals surface area contributed by atoms with Crippen molar-refractivity contribution < 1.29 is 26.9 Å². The third-order valence-electron chi connectivity index (χ3n) is 2.89. The maximum Gasteiger partial charge on any atom is 0.336 e. The zero-order valence-corrected chi connectivity index (χ0v) is 16.6. The Morgan fingerprint density at radius 2 is 1.84 bits per heavy atom. The molecule has 0 spiro atoms. The van der Waals surface area contributed by atoms with E-state index in [9.17, 15) is 13.2 Å². The number of benzene rings is 1. The number of esters is 1. The average molecular weight is 435 g/mol. The van der Waals surface area contributed by atoms with Crippen LogP contribution in [0.2, 0.25) is 0 Å². The first-order valence-electron chi connectivity index (χ1n) is 7.03. The molecule has 0 aliphatic rings. The highest BCUT2D eigenvalue weighted by Gasteiger charge is 2.26. The van der Waals surface area contributed by atoms with Crippen molar-refractivity contribution in [3.8, 4) is 5.75 Å². The molecule has 0 amide bonds. The minimum Gasteiger partial charge on any atom is -0.497 e. The number of ether oxygens (including phenoxy) is 2. The fraction of sp³-hybridized carbons (Fsp3) is 0.500. The summed E-state index contributed by atoms with van der Waals surface area (Å²) in [5.41, 5.74) is 0.619. The summed E-state index contributed by atoms with van der Waals surface area (Å²) in [5.74, 6) is 0.140. The molecule has 0 fully saturated rings. The van der Waals surface area contributed by atoms with Gasteiger partial charge in [-0.15, -0.1) is 0 Å². The first-order valence-corrected chi connectivity index (χ1v) is 9.57. The van der Waals surface area contributed by atoms with Gasteiger partial charge >= 0.3 is 16.3 Å². The quantitative estimate of drug-likeness (QED) is 0.475. The average Bonchev–Trinajstić information content (AvgIpc) is 2.51. The van der Waals surface area contributed by atoms with Gasteiger partial charge in [0, 0.05) is 13.3 Å². The van der Waals surface area contributed by atoms with Crippen molar-refractivity contribution in [1.82, 2.24) is 4.72 Å². The number of carbonyl (C=O) groups excluding carboxylic acids is 1. The van der Waals surface area contributed by atoms with Gasteiger partial charge in [-0.05, 0) is 17.7 Å². The van der Waals surface area contributed by atoms with Crippen LogP contribution in [-0.2, 0) is 24.0 Å². The third kappa shape index (κ3) is 9.48. The van der Waals surface area contributed by atoms with Crippen LogP contribution in [0.4, 0.5) is 0 Å². The predicted octanol–water partition coefficient (Wildman–Crippen LogP) is 2.91. The number of hydrogen-bond donors (Lipinski definition) is 1. The van der Waals surface area contributed by atoms with Crippen molar-refractivity contribution in [1.29, 1.82) is 0 Å². The van der Waals surface area contributed by atoms with E-state index < -0.39 is 32.7 Å². The van der Waals surface area contributed by atoms with Gasteiger partial charge in [0.2, 0.25) is 3.79 Å². The first kappa shape index (κ1) is 22.3. The maximum atomic E-state index is 12.0. The van der Waals surface area contributed by atoms with Gasteiger partial charge < -0.3 is 9.47 Å². The molecule has 1 unspecified atom stereocenters. The molecular weight excluding hydrogens is 417 g/mol. The van der Waals surface area contributed by atoms with Crippen LogP contribution in [0.15, 0.2) is 24.3 Å². The summed E-state index contributed by atoms with van der Waals surface area (Å²) in [7, 11) is -2.69. The molecule has 0 heterocycles. The lowest BCUT2D eigenvalue weighted by molar-refractivity contribution is -0.141. The number of carbonyl (C=O) groups is 1. The topological polar surface area (TPSA) is 90.9 Å². The number of alkyl halides is 3. The molecule has 0 bridgehead atoms. The summed E-state index contributed by atoms with van der Waals surface area (Å²) in [6.07, 6.45) is 0.183. The predicted molar refractivity (Wildman–Crippen MR) is 95.3 cm³/mol. The van der Waals surface area contributed by atoms with Crippen molar-refractivity contribution in [2.75, 3.05) is 20.3 Å². The monoisotopic (exact) mass is 433 g/mol. The van der Waals surface area contributed by atoms with Gasteiger partial charge in [-0.25, -0.2) is 0 Å². The summed E-state index contributed by atoms with van der Waals surface area (Å²) in [6, 6.07) is 5.98. The van der Waals surface area contributed by atoms with Crippen LogP contribution < -0.4 is 9.46 Å². The van der Waals surface area contributed by atoms with Gasteiger partial charge in [0.25, 0.3) is 0 Å². The Labute approximate surface area is 161 Å². The molecule has 11 heteroatoms. The van der Waals surface area contributed by atoms with E-state index in [0.717, 1.165) is 0 Å². The van der Waals surface area contributed by atoms with Crippen molar-refractivity contribution in [2.45, 2.75) is 23.2 Å².